The van der Waals surface area contributed by atoms with E-state index >= 15 is 0 Å². The minimum absolute atomic E-state index is 0.0147. The maximum absolute atomic E-state index is 14.0. The first-order chi connectivity index (χ1) is 15.8. The van der Waals surface area contributed by atoms with E-state index in [0.29, 0.717) is 9.92 Å². The Balaban J connectivity index is 1.64. The zero-order valence-corrected chi connectivity index (χ0v) is 18.2. The number of benzene rings is 1. The predicted octanol–water partition coefficient (Wildman–Crippen LogP) is 1.92. The second-order valence-electron chi connectivity index (χ2n) is 7.16. The average Bonchev–Trinajstić information content (AvgIpc) is 3.25. The Morgan fingerprint density at radius 3 is 2.55 bits per heavy atom. The lowest BCUT2D eigenvalue weighted by atomic mass is 9.97. The second kappa shape index (κ2) is 9.68. The molecule has 3 aromatic rings. The average molecular weight is 496 g/mol. The van der Waals surface area contributed by atoms with Gasteiger partial charge in [-0.1, -0.05) is 28.6 Å². The molecule has 0 aliphatic carbocycles. The molecule has 1 fully saturated rings. The van der Waals surface area contributed by atoms with E-state index in [1.165, 1.54) is 24.7 Å². The van der Waals surface area contributed by atoms with E-state index in [1.54, 1.807) is 6.07 Å². The molecule has 4 rings (SSSR count). The molecular weight excluding hydrogens is 480 g/mol. The summed E-state index contributed by atoms with van der Waals surface area (Å²) < 4.78 is 34.8. The Labute approximate surface area is 195 Å². The fourth-order valence-corrected chi connectivity index (χ4v) is 4.77. The summed E-state index contributed by atoms with van der Waals surface area (Å²) in [5, 5.41) is 48.3. The van der Waals surface area contributed by atoms with Crippen LogP contribution in [0.25, 0.3) is 11.3 Å². The third kappa shape index (κ3) is 4.70. The van der Waals surface area contributed by atoms with Gasteiger partial charge in [0.15, 0.2) is 0 Å². The molecule has 13 heteroatoms. The van der Waals surface area contributed by atoms with E-state index in [9.17, 15) is 24.1 Å². The van der Waals surface area contributed by atoms with Crippen LogP contribution in [0, 0.1) is 23.0 Å². The van der Waals surface area contributed by atoms with Crippen LogP contribution >= 0.6 is 23.4 Å². The number of halogens is 3. The van der Waals surface area contributed by atoms with Crippen LogP contribution < -0.4 is 0 Å². The number of aliphatic hydroxyl groups is 3. The van der Waals surface area contributed by atoms with Crippen molar-refractivity contribution in [1.29, 1.82) is 5.26 Å². The standard InChI is InChI=1S/C20H16ClF2N5O4S/c21-10-3-11(6-25-5-10)33-20-19(31)17(18(30)16(8-29)32-20)28-7-15(26-27-28)9-1-13(22)12(4-24)14(23)2-9/h1-3,5-7,16-20,29-31H,8H2/t16?,17-,18-,19?,20+/m0/s1. The smallest absolute Gasteiger partial charge is 0.144 e. The van der Waals surface area contributed by atoms with Gasteiger partial charge in [-0.2, -0.15) is 5.26 Å². The third-order valence-electron chi connectivity index (χ3n) is 5.05. The Kier molecular flexibility index (Phi) is 6.89. The summed E-state index contributed by atoms with van der Waals surface area (Å²) in [6.07, 6.45) is 0.500. The SMILES string of the molecule is N#Cc1c(F)cc(-c2cn([C@@H]3C(O)[C@@H](Sc4cncc(Cl)c4)OC(CO)[C@@H]3O)nn2)cc1F. The van der Waals surface area contributed by atoms with E-state index < -0.39 is 53.6 Å². The van der Waals surface area contributed by atoms with Gasteiger partial charge >= 0.3 is 0 Å². The Morgan fingerprint density at radius 2 is 1.91 bits per heavy atom. The first-order valence-electron chi connectivity index (χ1n) is 9.53. The first kappa shape index (κ1) is 23.5. The summed E-state index contributed by atoms with van der Waals surface area (Å²) in [7, 11) is 0. The number of hydrogen-bond acceptors (Lipinski definition) is 9. The van der Waals surface area contributed by atoms with Gasteiger partial charge in [-0.25, -0.2) is 13.5 Å². The van der Waals surface area contributed by atoms with Gasteiger partial charge in [-0.3, -0.25) is 4.98 Å². The summed E-state index contributed by atoms with van der Waals surface area (Å²) in [5.74, 6) is -2.11. The number of ether oxygens (including phenoxy) is 1. The fourth-order valence-electron chi connectivity index (χ4n) is 3.45. The Hall–Kier alpha value is -2.66. The second-order valence-corrected chi connectivity index (χ2v) is 8.77. The molecule has 1 saturated heterocycles. The molecule has 0 amide bonds. The molecule has 5 atom stereocenters. The van der Waals surface area contributed by atoms with E-state index in [0.717, 1.165) is 28.6 Å². The minimum atomic E-state index is -1.37. The van der Waals surface area contributed by atoms with Gasteiger partial charge in [0.1, 0.15) is 58.8 Å². The van der Waals surface area contributed by atoms with Gasteiger partial charge in [0.05, 0.1) is 17.8 Å². The summed E-state index contributed by atoms with van der Waals surface area (Å²) in [5.41, 5.74) is -1.59. The lowest BCUT2D eigenvalue weighted by Crippen LogP contribution is -2.55. The molecule has 0 saturated carbocycles. The first-order valence-corrected chi connectivity index (χ1v) is 10.8. The monoisotopic (exact) mass is 495 g/mol. The maximum atomic E-state index is 14.0. The lowest BCUT2D eigenvalue weighted by molar-refractivity contribution is -0.178. The number of pyridine rings is 1. The largest absolute Gasteiger partial charge is 0.394 e. The van der Waals surface area contributed by atoms with Crippen LogP contribution in [0.3, 0.4) is 0 Å². The van der Waals surface area contributed by atoms with Crippen LogP contribution in [-0.2, 0) is 4.74 Å². The van der Waals surface area contributed by atoms with Crippen molar-refractivity contribution in [3.05, 3.63) is 59.0 Å². The van der Waals surface area contributed by atoms with Crippen molar-refractivity contribution in [2.24, 2.45) is 0 Å². The fraction of sp³-hybridized carbons (Fsp3) is 0.300. The number of hydrogen-bond donors (Lipinski definition) is 3. The summed E-state index contributed by atoms with van der Waals surface area (Å²) in [4.78, 5) is 4.56. The minimum Gasteiger partial charge on any atom is -0.394 e. The highest BCUT2D eigenvalue weighted by molar-refractivity contribution is 7.99. The number of rotatable bonds is 5. The van der Waals surface area contributed by atoms with Crippen LogP contribution in [0.1, 0.15) is 11.6 Å². The van der Waals surface area contributed by atoms with E-state index in [4.69, 9.17) is 21.6 Å². The molecule has 3 heterocycles. The van der Waals surface area contributed by atoms with Crippen LogP contribution in [0.15, 0.2) is 41.7 Å². The number of aliphatic hydroxyl groups excluding tert-OH is 3. The molecule has 0 bridgehead atoms. The molecule has 1 aliphatic heterocycles. The molecule has 2 aromatic heterocycles. The topological polar surface area (TPSA) is 137 Å². The highest BCUT2D eigenvalue weighted by atomic mass is 35.5. The summed E-state index contributed by atoms with van der Waals surface area (Å²) in [6.45, 7) is -0.539. The summed E-state index contributed by atoms with van der Waals surface area (Å²) >= 11 is 7.04. The van der Waals surface area contributed by atoms with Crippen molar-refractivity contribution >= 4 is 23.4 Å². The molecule has 2 unspecified atom stereocenters. The normalized spacial score (nSPS) is 25.1. The highest BCUT2D eigenvalue weighted by Gasteiger charge is 2.46. The maximum Gasteiger partial charge on any atom is 0.144 e. The number of nitrogens with zero attached hydrogens (tertiary/aromatic N) is 5. The van der Waals surface area contributed by atoms with Gasteiger partial charge in [0, 0.05) is 22.9 Å². The van der Waals surface area contributed by atoms with Gasteiger partial charge in [0.25, 0.3) is 0 Å². The predicted molar refractivity (Wildman–Crippen MR) is 112 cm³/mol. The van der Waals surface area contributed by atoms with Crippen LogP contribution in [0.4, 0.5) is 8.78 Å². The van der Waals surface area contributed by atoms with Crippen molar-refractivity contribution in [1.82, 2.24) is 20.0 Å². The highest BCUT2D eigenvalue weighted by Crippen LogP contribution is 2.38. The van der Waals surface area contributed by atoms with Crippen molar-refractivity contribution in [2.45, 2.75) is 34.7 Å². The Morgan fingerprint density at radius 1 is 1.18 bits per heavy atom. The van der Waals surface area contributed by atoms with E-state index in [2.05, 4.69) is 15.3 Å². The third-order valence-corrected chi connectivity index (χ3v) is 6.37. The van der Waals surface area contributed by atoms with Crippen molar-refractivity contribution in [2.75, 3.05) is 6.61 Å². The molecule has 172 valence electrons. The van der Waals surface area contributed by atoms with Crippen LogP contribution in [-0.4, -0.2) is 65.7 Å². The van der Waals surface area contributed by atoms with Crippen molar-refractivity contribution in [3.63, 3.8) is 0 Å². The van der Waals surface area contributed by atoms with Crippen molar-refractivity contribution in [3.8, 4) is 17.3 Å². The van der Waals surface area contributed by atoms with E-state index in [1.807, 2.05) is 0 Å². The zero-order chi connectivity index (χ0) is 23.7. The molecular formula is C20H16ClF2N5O4S. The summed E-state index contributed by atoms with van der Waals surface area (Å²) in [6, 6.07) is 3.83. The molecule has 0 radical (unpaired) electrons. The van der Waals surface area contributed by atoms with E-state index in [-0.39, 0.29) is 11.3 Å². The molecule has 0 spiro atoms. The zero-order valence-electron chi connectivity index (χ0n) is 16.6. The quantitative estimate of drug-likeness (QED) is 0.484. The van der Waals surface area contributed by atoms with Gasteiger partial charge in [-0.05, 0) is 18.2 Å². The van der Waals surface area contributed by atoms with Crippen LogP contribution in [0.2, 0.25) is 5.02 Å². The van der Waals surface area contributed by atoms with Crippen molar-refractivity contribution < 1.29 is 28.8 Å². The molecule has 33 heavy (non-hydrogen) atoms. The van der Waals surface area contributed by atoms with Crippen LogP contribution in [0.5, 0.6) is 0 Å². The number of nitriles is 1. The molecule has 9 nitrogen and oxygen atoms in total. The van der Waals surface area contributed by atoms with Gasteiger partial charge in [-0.15, -0.1) is 5.10 Å². The van der Waals surface area contributed by atoms with Gasteiger partial charge in [0.2, 0.25) is 0 Å². The number of aromatic nitrogens is 4. The molecule has 1 aromatic carbocycles. The molecule has 1 aliphatic rings. The lowest BCUT2D eigenvalue weighted by Gasteiger charge is -2.41. The Bertz CT molecular complexity index is 1190. The number of thioether (sulfide) groups is 1. The molecule has 3 N–H and O–H groups in total. The van der Waals surface area contributed by atoms with Gasteiger partial charge < -0.3 is 20.1 Å².